The Morgan fingerprint density at radius 2 is 2.32 bits per heavy atom. The predicted molar refractivity (Wildman–Crippen MR) is 64.0 cm³/mol. The molecule has 2 aliphatic rings. The second kappa shape index (κ2) is 5.30. The summed E-state index contributed by atoms with van der Waals surface area (Å²) in [5.74, 6) is -1.77. The summed E-state index contributed by atoms with van der Waals surface area (Å²) in [5.41, 5.74) is 0. The molecule has 6 heteroatoms. The Balaban J connectivity index is 2.08. The standard InChI is InChI=1S/C13H18O6/c1-13(2)17-7-10(19-13)8(6-12(15)16-3)9-4-5-11(14)18-9/h4-5,8-10H,6-7H2,1-3H3/t8-,9-,10-/m1/s1. The molecule has 0 amide bonds. The van der Waals surface area contributed by atoms with Crippen LogP contribution in [0.3, 0.4) is 0 Å². The number of carbonyl (C=O) groups is 2. The highest BCUT2D eigenvalue weighted by atomic mass is 16.7. The Labute approximate surface area is 111 Å². The smallest absolute Gasteiger partial charge is 0.331 e. The summed E-state index contributed by atoms with van der Waals surface area (Å²) >= 11 is 0. The van der Waals surface area contributed by atoms with Gasteiger partial charge < -0.3 is 18.9 Å². The fourth-order valence-corrected chi connectivity index (χ4v) is 2.28. The molecule has 0 unspecified atom stereocenters. The average molecular weight is 270 g/mol. The molecular formula is C13H18O6. The first-order valence-electron chi connectivity index (χ1n) is 6.19. The summed E-state index contributed by atoms with van der Waals surface area (Å²) in [7, 11) is 1.33. The van der Waals surface area contributed by atoms with Crippen LogP contribution in [0.2, 0.25) is 0 Å². The van der Waals surface area contributed by atoms with Crippen molar-refractivity contribution in [2.24, 2.45) is 5.92 Å². The molecule has 1 saturated heterocycles. The van der Waals surface area contributed by atoms with Crippen molar-refractivity contribution in [3.05, 3.63) is 12.2 Å². The SMILES string of the molecule is COC(=O)C[C@H]([C@H]1C=CC(=O)O1)[C@H]1COC(C)(C)O1. The molecule has 0 saturated carbocycles. The molecule has 0 aromatic rings. The largest absolute Gasteiger partial charge is 0.469 e. The van der Waals surface area contributed by atoms with E-state index in [1.54, 1.807) is 19.9 Å². The minimum atomic E-state index is -0.689. The van der Waals surface area contributed by atoms with Gasteiger partial charge in [0.25, 0.3) is 0 Å². The van der Waals surface area contributed by atoms with Crippen molar-refractivity contribution in [1.82, 2.24) is 0 Å². The van der Waals surface area contributed by atoms with Gasteiger partial charge in [-0.15, -0.1) is 0 Å². The van der Waals surface area contributed by atoms with E-state index in [1.807, 2.05) is 0 Å². The molecule has 6 nitrogen and oxygen atoms in total. The zero-order chi connectivity index (χ0) is 14.0. The first kappa shape index (κ1) is 14.0. The highest BCUT2D eigenvalue weighted by Crippen LogP contribution is 2.32. The minimum absolute atomic E-state index is 0.114. The first-order valence-corrected chi connectivity index (χ1v) is 6.19. The number of hydrogen-bond donors (Lipinski definition) is 0. The lowest BCUT2D eigenvalue weighted by Crippen LogP contribution is -2.36. The predicted octanol–water partition coefficient (Wildman–Crippen LogP) is 0.799. The van der Waals surface area contributed by atoms with Crippen LogP contribution < -0.4 is 0 Å². The van der Waals surface area contributed by atoms with Crippen LogP contribution in [-0.4, -0.2) is 43.7 Å². The molecule has 106 valence electrons. The Morgan fingerprint density at radius 1 is 1.58 bits per heavy atom. The van der Waals surface area contributed by atoms with E-state index in [-0.39, 0.29) is 24.4 Å². The Kier molecular flexibility index (Phi) is 3.91. The van der Waals surface area contributed by atoms with Crippen molar-refractivity contribution in [2.75, 3.05) is 13.7 Å². The number of hydrogen-bond acceptors (Lipinski definition) is 6. The van der Waals surface area contributed by atoms with E-state index in [9.17, 15) is 9.59 Å². The van der Waals surface area contributed by atoms with E-state index in [2.05, 4.69) is 4.74 Å². The van der Waals surface area contributed by atoms with E-state index in [0.29, 0.717) is 6.61 Å². The van der Waals surface area contributed by atoms with Gasteiger partial charge in [-0.3, -0.25) is 4.79 Å². The monoisotopic (exact) mass is 270 g/mol. The molecule has 0 N–H and O–H groups in total. The second-order valence-corrected chi connectivity index (χ2v) is 5.07. The zero-order valence-electron chi connectivity index (χ0n) is 11.3. The summed E-state index contributed by atoms with van der Waals surface area (Å²) in [6.45, 7) is 3.97. The molecule has 3 atom stereocenters. The van der Waals surface area contributed by atoms with Crippen LogP contribution in [0.25, 0.3) is 0 Å². The van der Waals surface area contributed by atoms with Crippen molar-refractivity contribution < 1.29 is 28.5 Å². The molecule has 0 aliphatic carbocycles. The number of carbonyl (C=O) groups excluding carboxylic acids is 2. The van der Waals surface area contributed by atoms with Gasteiger partial charge in [-0.05, 0) is 19.9 Å². The third-order valence-electron chi connectivity index (χ3n) is 3.23. The quantitative estimate of drug-likeness (QED) is 0.704. The summed E-state index contributed by atoms with van der Waals surface area (Å²) in [6, 6.07) is 0. The average Bonchev–Trinajstić information content (AvgIpc) is 2.92. The van der Waals surface area contributed by atoms with Gasteiger partial charge in [0.05, 0.1) is 26.2 Å². The number of methoxy groups -OCH3 is 1. The van der Waals surface area contributed by atoms with E-state index >= 15 is 0 Å². The Hall–Kier alpha value is -1.40. The molecule has 19 heavy (non-hydrogen) atoms. The maximum absolute atomic E-state index is 11.5. The summed E-state index contributed by atoms with van der Waals surface area (Å²) < 4.78 is 21.1. The molecule has 2 heterocycles. The lowest BCUT2D eigenvalue weighted by molar-refractivity contribution is -0.161. The maximum atomic E-state index is 11.5. The molecule has 0 bridgehead atoms. The van der Waals surface area contributed by atoms with Gasteiger partial charge in [0.1, 0.15) is 6.10 Å². The first-order chi connectivity index (χ1) is 8.91. The molecule has 0 aromatic carbocycles. The van der Waals surface area contributed by atoms with Crippen LogP contribution in [0.15, 0.2) is 12.2 Å². The van der Waals surface area contributed by atoms with E-state index in [4.69, 9.17) is 14.2 Å². The number of cyclic esters (lactones) is 1. The molecule has 0 spiro atoms. The normalized spacial score (nSPS) is 30.2. The molecule has 1 fully saturated rings. The van der Waals surface area contributed by atoms with Gasteiger partial charge in [-0.2, -0.15) is 0 Å². The van der Waals surface area contributed by atoms with Gasteiger partial charge in [0.2, 0.25) is 0 Å². The second-order valence-electron chi connectivity index (χ2n) is 5.07. The highest BCUT2D eigenvalue weighted by Gasteiger charge is 2.43. The molecule has 0 aromatic heterocycles. The molecule has 2 rings (SSSR count). The topological polar surface area (TPSA) is 71.1 Å². The fourth-order valence-electron chi connectivity index (χ4n) is 2.28. The van der Waals surface area contributed by atoms with Crippen molar-refractivity contribution in [3.63, 3.8) is 0 Å². The van der Waals surface area contributed by atoms with Gasteiger partial charge >= 0.3 is 11.9 Å². The fraction of sp³-hybridized carbons (Fsp3) is 0.692. The van der Waals surface area contributed by atoms with E-state index in [1.165, 1.54) is 13.2 Å². The summed E-state index contributed by atoms with van der Waals surface area (Å²) in [5, 5.41) is 0. The van der Waals surface area contributed by atoms with Crippen LogP contribution in [0.4, 0.5) is 0 Å². The van der Waals surface area contributed by atoms with Crippen LogP contribution >= 0.6 is 0 Å². The summed E-state index contributed by atoms with van der Waals surface area (Å²) in [6.07, 6.45) is 2.33. The highest BCUT2D eigenvalue weighted by molar-refractivity contribution is 5.84. The number of ether oxygens (including phenoxy) is 4. The van der Waals surface area contributed by atoms with Crippen molar-refractivity contribution in [1.29, 1.82) is 0 Å². The number of esters is 2. The van der Waals surface area contributed by atoms with Crippen LogP contribution in [0, 0.1) is 5.92 Å². The summed E-state index contributed by atoms with van der Waals surface area (Å²) in [4.78, 5) is 22.7. The third-order valence-corrected chi connectivity index (χ3v) is 3.23. The van der Waals surface area contributed by atoms with E-state index in [0.717, 1.165) is 0 Å². The lowest BCUT2D eigenvalue weighted by Gasteiger charge is -2.26. The van der Waals surface area contributed by atoms with Gasteiger partial charge in [0, 0.05) is 12.0 Å². The van der Waals surface area contributed by atoms with Crippen molar-refractivity contribution in [2.45, 2.75) is 38.3 Å². The molecular weight excluding hydrogens is 252 g/mol. The van der Waals surface area contributed by atoms with Crippen LogP contribution in [0.5, 0.6) is 0 Å². The lowest BCUT2D eigenvalue weighted by atomic mass is 9.92. The van der Waals surface area contributed by atoms with Gasteiger partial charge in [-0.25, -0.2) is 4.79 Å². The van der Waals surface area contributed by atoms with Crippen LogP contribution in [-0.2, 0) is 28.5 Å². The molecule has 0 radical (unpaired) electrons. The third kappa shape index (κ3) is 3.33. The minimum Gasteiger partial charge on any atom is -0.469 e. The molecule has 2 aliphatic heterocycles. The van der Waals surface area contributed by atoms with Crippen molar-refractivity contribution in [3.8, 4) is 0 Å². The zero-order valence-corrected chi connectivity index (χ0v) is 11.3. The van der Waals surface area contributed by atoms with Crippen molar-refractivity contribution >= 4 is 11.9 Å². The van der Waals surface area contributed by atoms with E-state index < -0.39 is 17.9 Å². The maximum Gasteiger partial charge on any atom is 0.331 e. The van der Waals surface area contributed by atoms with Gasteiger partial charge in [-0.1, -0.05) is 0 Å². The van der Waals surface area contributed by atoms with Gasteiger partial charge in [0.15, 0.2) is 5.79 Å². The Bertz CT molecular complexity index is 400. The number of rotatable bonds is 4. The Morgan fingerprint density at radius 3 is 2.79 bits per heavy atom. The van der Waals surface area contributed by atoms with Crippen LogP contribution in [0.1, 0.15) is 20.3 Å².